The molecule has 0 radical (unpaired) electrons. The van der Waals surface area contributed by atoms with Crippen LogP contribution in [0.5, 0.6) is 0 Å². The molecule has 0 aromatic heterocycles. The van der Waals surface area contributed by atoms with Gasteiger partial charge in [-0.1, -0.05) is 130 Å². The number of thioether (sulfide) groups is 1. The lowest BCUT2D eigenvalue weighted by molar-refractivity contribution is 0.148. The van der Waals surface area contributed by atoms with Crippen molar-refractivity contribution in [3.05, 3.63) is 78.4 Å². The predicted octanol–water partition coefficient (Wildman–Crippen LogP) is 8.56. The summed E-state index contributed by atoms with van der Waals surface area (Å²) in [5.41, 5.74) is 0.630. The van der Waals surface area contributed by atoms with Gasteiger partial charge in [0.15, 0.2) is 0 Å². The van der Waals surface area contributed by atoms with Crippen LogP contribution in [0, 0.1) is 22.7 Å². The minimum Gasteiger partial charge on any atom is -0.373 e. The summed E-state index contributed by atoms with van der Waals surface area (Å²) in [7, 11) is 0. The molecule has 2 rings (SSSR count). The summed E-state index contributed by atoms with van der Waals surface area (Å²) in [6.07, 6.45) is 3.40. The first-order chi connectivity index (χ1) is 15.5. The van der Waals surface area contributed by atoms with E-state index in [1.807, 2.05) is 60.7 Å². The lowest BCUT2D eigenvalue weighted by Gasteiger charge is -2.31. The summed E-state index contributed by atoms with van der Waals surface area (Å²) in [6.45, 7) is 0.688. The Morgan fingerprint density at radius 2 is 1.39 bits per heavy atom. The zero-order valence-electron chi connectivity index (χ0n) is 17.3. The molecule has 0 spiro atoms. The van der Waals surface area contributed by atoms with Crippen LogP contribution in [0.2, 0.25) is 0 Å². The molecule has 0 amide bonds. The summed E-state index contributed by atoms with van der Waals surface area (Å²) in [6, 6.07) is 19.3. The molecule has 0 fully saturated rings. The zero-order valence-corrected chi connectivity index (χ0v) is 22.6. The van der Waals surface area contributed by atoms with Gasteiger partial charge in [0.05, 0.1) is 24.6 Å². The van der Waals surface area contributed by atoms with E-state index >= 15 is 0 Å². The molecule has 2 N–H and O–H groups in total. The second-order valence-corrected chi connectivity index (χ2v) is 12.7. The van der Waals surface area contributed by atoms with Crippen LogP contribution in [-0.2, 0) is 11.3 Å². The van der Waals surface area contributed by atoms with E-state index in [2.05, 4.69) is 0 Å². The van der Waals surface area contributed by atoms with Crippen LogP contribution in [0.1, 0.15) is 5.56 Å². The van der Waals surface area contributed by atoms with Gasteiger partial charge in [0.2, 0.25) is 7.59 Å². The topological polar surface area (TPSA) is 56.9 Å². The molecule has 0 aliphatic rings. The standard InChI is InChI=1S/C23H22Cl6N2OS/c24-22(25,26)20(30)18(12-7-13-32-14-16-8-3-1-4-9-16)19(21(31)23(27,28)29)15-33-17-10-5-2-6-11-17/h1-12,18-19,30-31H,13-15H2/b12-7+,30-20?,31-21?/t18-,19+/m1/s1. The third-order valence-corrected chi connectivity index (χ3v) is 6.94. The van der Waals surface area contributed by atoms with E-state index in [0.717, 1.165) is 10.5 Å². The maximum Gasteiger partial charge on any atom is 0.228 e. The molecule has 0 aliphatic carbocycles. The highest BCUT2D eigenvalue weighted by Crippen LogP contribution is 2.40. The number of hydrogen-bond donors (Lipinski definition) is 2. The summed E-state index contributed by atoms with van der Waals surface area (Å²) >= 11 is 37.8. The predicted molar refractivity (Wildman–Crippen MR) is 145 cm³/mol. The fraction of sp³-hybridized carbons (Fsp3) is 0.304. The molecule has 33 heavy (non-hydrogen) atoms. The zero-order chi connectivity index (χ0) is 24.5. The van der Waals surface area contributed by atoms with Crippen molar-refractivity contribution < 1.29 is 4.74 Å². The van der Waals surface area contributed by atoms with Crippen LogP contribution in [0.25, 0.3) is 0 Å². The Labute approximate surface area is 228 Å². The van der Waals surface area contributed by atoms with Crippen molar-refractivity contribution in [2.24, 2.45) is 11.8 Å². The van der Waals surface area contributed by atoms with E-state index in [1.54, 1.807) is 12.2 Å². The molecular weight excluding hydrogens is 565 g/mol. The van der Waals surface area contributed by atoms with E-state index < -0.39 is 19.4 Å². The van der Waals surface area contributed by atoms with Gasteiger partial charge >= 0.3 is 0 Å². The first-order valence-electron chi connectivity index (χ1n) is 9.77. The molecule has 178 valence electrons. The third kappa shape index (κ3) is 9.99. The van der Waals surface area contributed by atoms with Crippen molar-refractivity contribution in [2.45, 2.75) is 19.1 Å². The quantitative estimate of drug-likeness (QED) is 0.0911. The smallest absolute Gasteiger partial charge is 0.228 e. The maximum atomic E-state index is 8.52. The number of halogens is 6. The Bertz CT molecular complexity index is 929. The van der Waals surface area contributed by atoms with Gasteiger partial charge in [-0.05, 0) is 17.7 Å². The van der Waals surface area contributed by atoms with Crippen LogP contribution < -0.4 is 0 Å². The molecular formula is C23H22Cl6N2OS. The van der Waals surface area contributed by atoms with Crippen molar-refractivity contribution in [1.29, 1.82) is 10.8 Å². The van der Waals surface area contributed by atoms with Gasteiger partial charge in [0, 0.05) is 22.5 Å². The van der Waals surface area contributed by atoms with Crippen molar-refractivity contribution in [3.8, 4) is 0 Å². The Morgan fingerprint density at radius 3 is 1.94 bits per heavy atom. The minimum atomic E-state index is -1.98. The average molecular weight is 587 g/mol. The lowest BCUT2D eigenvalue weighted by Crippen LogP contribution is -2.40. The highest BCUT2D eigenvalue weighted by atomic mass is 35.6. The van der Waals surface area contributed by atoms with Gasteiger partial charge in [0.1, 0.15) is 0 Å². The highest BCUT2D eigenvalue weighted by Gasteiger charge is 2.42. The third-order valence-electron chi connectivity index (χ3n) is 4.59. The highest BCUT2D eigenvalue weighted by molar-refractivity contribution is 7.99. The monoisotopic (exact) mass is 584 g/mol. The van der Waals surface area contributed by atoms with Crippen molar-refractivity contribution in [3.63, 3.8) is 0 Å². The number of benzene rings is 2. The molecule has 0 heterocycles. The molecule has 0 saturated carbocycles. The molecule has 0 saturated heterocycles. The summed E-state index contributed by atoms with van der Waals surface area (Å²) in [5.74, 6) is -1.17. The summed E-state index contributed by atoms with van der Waals surface area (Å²) in [5, 5.41) is 17.0. The van der Waals surface area contributed by atoms with E-state index in [4.69, 9.17) is 85.2 Å². The summed E-state index contributed by atoms with van der Waals surface area (Å²) in [4.78, 5) is 0.967. The summed E-state index contributed by atoms with van der Waals surface area (Å²) < 4.78 is 1.73. The van der Waals surface area contributed by atoms with E-state index in [9.17, 15) is 0 Å². The van der Waals surface area contributed by atoms with Crippen molar-refractivity contribution in [2.75, 3.05) is 12.4 Å². The molecule has 2 aromatic carbocycles. The van der Waals surface area contributed by atoms with Crippen molar-refractivity contribution in [1.82, 2.24) is 0 Å². The normalized spacial score (nSPS) is 14.2. The number of rotatable bonds is 11. The van der Waals surface area contributed by atoms with E-state index in [-0.39, 0.29) is 18.0 Å². The second-order valence-electron chi connectivity index (χ2n) is 7.01. The molecule has 10 heteroatoms. The second kappa shape index (κ2) is 13.6. The van der Waals surface area contributed by atoms with Gasteiger partial charge in [-0.15, -0.1) is 11.8 Å². The average Bonchev–Trinajstić information content (AvgIpc) is 2.77. The molecule has 0 unspecified atom stereocenters. The molecule has 3 nitrogen and oxygen atoms in total. The SMILES string of the molecule is N=C([C@@H](CSc1ccccc1)[C@@H](/C=C/COCc1ccccc1)C(=N)C(Cl)(Cl)Cl)C(Cl)(Cl)Cl. The maximum absolute atomic E-state index is 8.52. The number of nitrogens with one attached hydrogen (secondary N) is 2. The van der Waals surface area contributed by atoms with Crippen LogP contribution in [-0.4, -0.2) is 31.4 Å². The fourth-order valence-electron chi connectivity index (χ4n) is 2.92. The van der Waals surface area contributed by atoms with E-state index in [1.165, 1.54) is 11.8 Å². The Morgan fingerprint density at radius 1 is 0.848 bits per heavy atom. The van der Waals surface area contributed by atoms with Gasteiger partial charge in [-0.3, -0.25) is 0 Å². The molecule has 2 atom stereocenters. The Hall–Kier alpha value is -0.430. The fourth-order valence-corrected chi connectivity index (χ4v) is 4.82. The molecule has 0 bridgehead atoms. The lowest BCUT2D eigenvalue weighted by atomic mass is 9.86. The Kier molecular flexibility index (Phi) is 11.9. The van der Waals surface area contributed by atoms with Crippen LogP contribution in [0.15, 0.2) is 77.7 Å². The number of ether oxygens (including phenoxy) is 1. The molecule has 0 aliphatic heterocycles. The van der Waals surface area contributed by atoms with Gasteiger partial charge < -0.3 is 15.6 Å². The van der Waals surface area contributed by atoms with E-state index in [0.29, 0.717) is 12.4 Å². The van der Waals surface area contributed by atoms with Gasteiger partial charge in [-0.25, -0.2) is 0 Å². The van der Waals surface area contributed by atoms with Gasteiger partial charge in [0.25, 0.3) is 0 Å². The Balaban J connectivity index is 2.22. The number of allylic oxidation sites excluding steroid dienone is 1. The minimum absolute atomic E-state index is 0.185. The van der Waals surface area contributed by atoms with Crippen LogP contribution in [0.4, 0.5) is 0 Å². The largest absolute Gasteiger partial charge is 0.373 e. The number of alkyl halides is 6. The van der Waals surface area contributed by atoms with Crippen LogP contribution in [0.3, 0.4) is 0 Å². The first-order valence-corrected chi connectivity index (χ1v) is 13.0. The first kappa shape index (κ1) is 28.8. The number of hydrogen-bond acceptors (Lipinski definition) is 4. The van der Waals surface area contributed by atoms with Crippen molar-refractivity contribution >= 4 is 92.8 Å². The van der Waals surface area contributed by atoms with Crippen LogP contribution >= 0.6 is 81.4 Å². The molecule has 2 aromatic rings. The van der Waals surface area contributed by atoms with Gasteiger partial charge in [-0.2, -0.15) is 0 Å².